The monoisotopic (exact) mass is 297 g/mol. The number of nitrogens with zero attached hydrogens (tertiary/aromatic N) is 1. The van der Waals surface area contributed by atoms with Crippen molar-refractivity contribution < 1.29 is 9.53 Å². The van der Waals surface area contributed by atoms with Crippen molar-refractivity contribution in [2.45, 2.75) is 25.3 Å². The normalized spacial score (nSPS) is 19.8. The molecule has 92 valence electrons. The van der Waals surface area contributed by atoms with E-state index in [-0.39, 0.29) is 5.91 Å². The van der Waals surface area contributed by atoms with Gasteiger partial charge in [0.1, 0.15) is 5.75 Å². The van der Waals surface area contributed by atoms with Crippen LogP contribution in [0.15, 0.2) is 22.7 Å². The topological polar surface area (TPSA) is 29.5 Å². The second-order valence-corrected chi connectivity index (χ2v) is 5.21. The molecule has 0 radical (unpaired) electrons. The number of ether oxygens (including phenoxy) is 1. The number of carbonyl (C=O) groups is 1. The largest absolute Gasteiger partial charge is 0.497 e. The summed E-state index contributed by atoms with van der Waals surface area (Å²) in [5, 5.41) is 0. The Morgan fingerprint density at radius 3 is 2.82 bits per heavy atom. The fourth-order valence-corrected chi connectivity index (χ4v) is 2.70. The van der Waals surface area contributed by atoms with Crippen molar-refractivity contribution in [2.75, 3.05) is 14.2 Å². The molecule has 0 spiro atoms. The van der Waals surface area contributed by atoms with Crippen molar-refractivity contribution in [3.05, 3.63) is 28.2 Å². The third-order valence-electron chi connectivity index (χ3n) is 3.35. The van der Waals surface area contributed by atoms with E-state index in [0.29, 0.717) is 12.5 Å². The summed E-state index contributed by atoms with van der Waals surface area (Å²) in [7, 11) is 3.54. The van der Waals surface area contributed by atoms with Crippen LogP contribution in [0.5, 0.6) is 5.75 Å². The molecule has 0 N–H and O–H groups in total. The predicted molar refractivity (Wildman–Crippen MR) is 70.2 cm³/mol. The van der Waals surface area contributed by atoms with Crippen LogP contribution in [0.25, 0.3) is 0 Å². The van der Waals surface area contributed by atoms with Crippen molar-refractivity contribution in [1.82, 2.24) is 4.90 Å². The number of benzene rings is 1. The Hall–Kier alpha value is -1.03. The zero-order chi connectivity index (χ0) is 12.4. The number of methoxy groups -OCH3 is 1. The van der Waals surface area contributed by atoms with Gasteiger partial charge in [0, 0.05) is 24.0 Å². The van der Waals surface area contributed by atoms with Crippen molar-refractivity contribution in [1.29, 1.82) is 0 Å². The van der Waals surface area contributed by atoms with Crippen LogP contribution in [0.1, 0.15) is 18.4 Å². The third kappa shape index (κ3) is 2.63. The summed E-state index contributed by atoms with van der Waals surface area (Å²) < 4.78 is 6.21. The number of rotatable bonds is 3. The molecule has 4 heteroatoms. The predicted octanol–water partition coefficient (Wildman–Crippen LogP) is 2.62. The maximum atomic E-state index is 11.5. The molecule has 2 rings (SSSR count). The van der Waals surface area contributed by atoms with Crippen LogP contribution in [-0.4, -0.2) is 31.0 Å². The van der Waals surface area contributed by atoms with Crippen molar-refractivity contribution in [3.63, 3.8) is 0 Å². The number of likely N-dealkylation sites (N-methyl/N-ethyl adjacent to an activating group) is 1. The number of halogens is 1. The quantitative estimate of drug-likeness (QED) is 0.858. The van der Waals surface area contributed by atoms with E-state index in [1.54, 1.807) is 7.11 Å². The first-order valence-electron chi connectivity index (χ1n) is 5.70. The molecule has 1 heterocycles. The summed E-state index contributed by atoms with van der Waals surface area (Å²) in [6.45, 7) is 0. The molecule has 1 aromatic rings. The smallest absolute Gasteiger partial charge is 0.222 e. The molecule has 1 fully saturated rings. The van der Waals surface area contributed by atoms with E-state index in [4.69, 9.17) is 4.74 Å². The van der Waals surface area contributed by atoms with E-state index >= 15 is 0 Å². The Bertz CT molecular complexity index is 433. The highest BCUT2D eigenvalue weighted by Gasteiger charge is 2.27. The number of amides is 1. The SMILES string of the molecule is COc1ccc(C[C@@H]2CCC(=O)N2C)c(Br)c1. The van der Waals surface area contributed by atoms with Crippen molar-refractivity contribution in [3.8, 4) is 5.75 Å². The molecular weight excluding hydrogens is 282 g/mol. The average molecular weight is 298 g/mol. The number of likely N-dealkylation sites (tertiary alicyclic amines) is 1. The van der Waals surface area contributed by atoms with Gasteiger partial charge in [-0.1, -0.05) is 22.0 Å². The van der Waals surface area contributed by atoms with Gasteiger partial charge in [0.25, 0.3) is 0 Å². The first kappa shape index (κ1) is 12.4. The molecule has 0 aliphatic carbocycles. The number of hydrogen-bond donors (Lipinski definition) is 0. The second-order valence-electron chi connectivity index (χ2n) is 4.36. The van der Waals surface area contributed by atoms with Crippen LogP contribution >= 0.6 is 15.9 Å². The van der Waals surface area contributed by atoms with Crippen LogP contribution in [0.3, 0.4) is 0 Å². The lowest BCUT2D eigenvalue weighted by atomic mass is 10.0. The highest BCUT2D eigenvalue weighted by atomic mass is 79.9. The zero-order valence-electron chi connectivity index (χ0n) is 10.1. The molecule has 1 aromatic carbocycles. The summed E-state index contributed by atoms with van der Waals surface area (Å²) >= 11 is 3.55. The Kier molecular flexibility index (Phi) is 3.72. The molecule has 17 heavy (non-hydrogen) atoms. The number of hydrogen-bond acceptors (Lipinski definition) is 2. The van der Waals surface area contributed by atoms with Gasteiger partial charge >= 0.3 is 0 Å². The molecule has 3 nitrogen and oxygen atoms in total. The average Bonchev–Trinajstić information content (AvgIpc) is 2.63. The van der Waals surface area contributed by atoms with Gasteiger partial charge in [0.05, 0.1) is 7.11 Å². The molecule has 0 aromatic heterocycles. The first-order chi connectivity index (χ1) is 8.11. The lowest BCUT2D eigenvalue weighted by Crippen LogP contribution is -2.30. The minimum atomic E-state index is 0.250. The van der Waals surface area contributed by atoms with Gasteiger partial charge in [-0.15, -0.1) is 0 Å². The Labute approximate surface area is 110 Å². The van der Waals surface area contributed by atoms with Crippen LogP contribution in [-0.2, 0) is 11.2 Å². The molecular formula is C13H16BrNO2. The fourth-order valence-electron chi connectivity index (χ4n) is 2.18. The van der Waals surface area contributed by atoms with E-state index in [9.17, 15) is 4.79 Å². The number of carbonyl (C=O) groups excluding carboxylic acids is 1. The molecule has 1 saturated heterocycles. The Balaban J connectivity index is 2.11. The summed E-state index contributed by atoms with van der Waals surface area (Å²) in [4.78, 5) is 13.3. The molecule has 0 bridgehead atoms. The maximum absolute atomic E-state index is 11.5. The third-order valence-corrected chi connectivity index (χ3v) is 4.09. The van der Waals surface area contributed by atoms with Gasteiger partial charge in [-0.25, -0.2) is 0 Å². The molecule has 1 aliphatic rings. The molecule has 0 saturated carbocycles. The van der Waals surface area contributed by atoms with Gasteiger partial charge in [-0.2, -0.15) is 0 Å². The van der Waals surface area contributed by atoms with Crippen molar-refractivity contribution in [2.24, 2.45) is 0 Å². The molecule has 1 atom stereocenters. The van der Waals surface area contributed by atoms with E-state index in [1.807, 2.05) is 24.1 Å². The van der Waals surface area contributed by atoms with E-state index in [2.05, 4.69) is 22.0 Å². The zero-order valence-corrected chi connectivity index (χ0v) is 11.7. The standard InChI is InChI=1S/C13H16BrNO2/c1-15-10(4-6-13(15)16)7-9-3-5-11(17-2)8-12(9)14/h3,5,8,10H,4,6-7H2,1-2H3/t10-/m0/s1. The van der Waals surface area contributed by atoms with Crippen LogP contribution in [0.4, 0.5) is 0 Å². The maximum Gasteiger partial charge on any atom is 0.222 e. The van der Waals surface area contributed by atoms with E-state index < -0.39 is 0 Å². The minimum absolute atomic E-state index is 0.250. The molecule has 0 unspecified atom stereocenters. The molecule has 1 aliphatic heterocycles. The van der Waals surface area contributed by atoms with Gasteiger partial charge in [0.2, 0.25) is 5.91 Å². The summed E-state index contributed by atoms with van der Waals surface area (Å²) in [5.41, 5.74) is 1.22. The van der Waals surface area contributed by atoms with E-state index in [1.165, 1.54) is 5.56 Å². The highest BCUT2D eigenvalue weighted by molar-refractivity contribution is 9.10. The Morgan fingerprint density at radius 1 is 1.53 bits per heavy atom. The van der Waals surface area contributed by atoms with Gasteiger partial charge in [-0.05, 0) is 30.5 Å². The lowest BCUT2D eigenvalue weighted by Gasteiger charge is -2.20. The minimum Gasteiger partial charge on any atom is -0.497 e. The second kappa shape index (κ2) is 5.08. The van der Waals surface area contributed by atoms with Gasteiger partial charge in [0.15, 0.2) is 0 Å². The summed E-state index contributed by atoms with van der Waals surface area (Å²) in [5.74, 6) is 1.09. The Morgan fingerprint density at radius 2 is 2.29 bits per heavy atom. The van der Waals surface area contributed by atoms with Gasteiger partial charge < -0.3 is 9.64 Å². The lowest BCUT2D eigenvalue weighted by molar-refractivity contribution is -0.127. The fraction of sp³-hybridized carbons (Fsp3) is 0.462. The van der Waals surface area contributed by atoms with Crippen molar-refractivity contribution >= 4 is 21.8 Å². The van der Waals surface area contributed by atoms with E-state index in [0.717, 1.165) is 23.1 Å². The summed E-state index contributed by atoms with van der Waals surface area (Å²) in [6.07, 6.45) is 2.52. The van der Waals surface area contributed by atoms with Gasteiger partial charge in [-0.3, -0.25) is 4.79 Å². The van der Waals surface area contributed by atoms with Crippen LogP contribution < -0.4 is 4.74 Å². The molecule has 1 amide bonds. The van der Waals surface area contributed by atoms with Crippen LogP contribution in [0.2, 0.25) is 0 Å². The highest BCUT2D eigenvalue weighted by Crippen LogP contribution is 2.27. The summed E-state index contributed by atoms with van der Waals surface area (Å²) in [6, 6.07) is 6.30. The van der Waals surface area contributed by atoms with Crippen LogP contribution in [0, 0.1) is 0 Å². The first-order valence-corrected chi connectivity index (χ1v) is 6.49.